The summed E-state index contributed by atoms with van der Waals surface area (Å²) >= 11 is 0. The minimum absolute atomic E-state index is 0. The zero-order valence-electron chi connectivity index (χ0n) is 7.68. The van der Waals surface area contributed by atoms with Crippen molar-refractivity contribution < 1.29 is 53.8 Å². The van der Waals surface area contributed by atoms with Gasteiger partial charge in [0.25, 0.3) is 0 Å². The van der Waals surface area contributed by atoms with Crippen LogP contribution in [0.5, 0.6) is 0 Å². The van der Waals surface area contributed by atoms with E-state index in [0.717, 1.165) is 12.8 Å². The molecule has 0 aliphatic heterocycles. The third-order valence-electron chi connectivity index (χ3n) is 0.816. The molecule has 0 rings (SSSR count). The summed E-state index contributed by atoms with van der Waals surface area (Å²) in [6.45, 7) is 15.1. The summed E-state index contributed by atoms with van der Waals surface area (Å²) in [7, 11) is 0. The van der Waals surface area contributed by atoms with Gasteiger partial charge in [-0.25, -0.2) is 18.8 Å². The van der Waals surface area contributed by atoms with Crippen molar-refractivity contribution in [1.29, 1.82) is 0 Å². The number of hydrogen-bond donors (Lipinski definition) is 0. The van der Waals surface area contributed by atoms with Crippen LogP contribution in [0, 0.1) is 33.1 Å². The van der Waals surface area contributed by atoms with E-state index in [0.29, 0.717) is 5.92 Å². The Balaban J connectivity index is -0.0000000437. The SMILES string of the molecule is C[CH-]C.[CH2-]CC([CH2-])C[CH2-].[W+2].[Y]. The molecule has 0 saturated carbocycles. The molecule has 0 aliphatic carbocycles. The molecule has 0 fully saturated rings. The molecule has 0 aromatic heterocycles. The molecule has 1 radical (unpaired) electrons. The zero-order chi connectivity index (χ0) is 7.70. The third kappa shape index (κ3) is 33.7. The Morgan fingerprint density at radius 1 is 1.18 bits per heavy atom. The van der Waals surface area contributed by atoms with Gasteiger partial charge in [0.2, 0.25) is 0 Å². The van der Waals surface area contributed by atoms with E-state index in [4.69, 9.17) is 0 Å². The summed E-state index contributed by atoms with van der Waals surface area (Å²) in [5.74, 6) is 0.463. The Bertz CT molecular complexity index is 36.5. The molecule has 2 heteroatoms. The first-order valence-electron chi connectivity index (χ1n) is 3.38. The van der Waals surface area contributed by atoms with E-state index in [-0.39, 0.29) is 53.8 Å². The van der Waals surface area contributed by atoms with Gasteiger partial charge in [0, 0.05) is 32.7 Å². The summed E-state index contributed by atoms with van der Waals surface area (Å²) < 4.78 is 0. The van der Waals surface area contributed by atoms with E-state index >= 15 is 0 Å². The van der Waals surface area contributed by atoms with Gasteiger partial charge in [-0.3, -0.25) is 0 Å². The van der Waals surface area contributed by atoms with E-state index in [1.165, 1.54) is 0 Å². The van der Waals surface area contributed by atoms with Crippen LogP contribution in [0.25, 0.3) is 0 Å². The van der Waals surface area contributed by atoms with E-state index in [2.05, 4.69) is 20.8 Å². The molecule has 0 aromatic carbocycles. The van der Waals surface area contributed by atoms with Crippen molar-refractivity contribution in [3.8, 4) is 0 Å². The molecule has 11 heavy (non-hydrogen) atoms. The molecule has 0 aromatic rings. The Morgan fingerprint density at radius 3 is 1.36 bits per heavy atom. The quantitative estimate of drug-likeness (QED) is 0.627. The molecule has 0 bridgehead atoms. The van der Waals surface area contributed by atoms with E-state index in [1.807, 2.05) is 20.3 Å². The fourth-order valence-electron chi connectivity index (χ4n) is 0.144. The summed E-state index contributed by atoms with van der Waals surface area (Å²) in [6, 6.07) is 0. The van der Waals surface area contributed by atoms with Crippen LogP contribution < -0.4 is 0 Å². The maximum Gasteiger partial charge on any atom is 2.00 e. The molecule has 0 spiro atoms. The van der Waals surface area contributed by atoms with Gasteiger partial charge in [0.05, 0.1) is 0 Å². The maximum atomic E-state index is 3.75. The maximum absolute atomic E-state index is 3.75. The molecule has 0 nitrogen and oxygen atoms in total. The van der Waals surface area contributed by atoms with Gasteiger partial charge in [-0.2, -0.15) is 13.8 Å². The van der Waals surface area contributed by atoms with Crippen LogP contribution in [0.1, 0.15) is 26.7 Å². The average molecular weight is 399 g/mol. The second kappa shape index (κ2) is 22.6. The van der Waals surface area contributed by atoms with Gasteiger partial charge in [-0.05, 0) is 0 Å². The molecular formula is C9H18WY-2. The predicted molar refractivity (Wildman–Crippen MR) is 44.4 cm³/mol. The molecule has 0 N–H and O–H groups in total. The third-order valence-corrected chi connectivity index (χ3v) is 0.816. The zero-order valence-corrected chi connectivity index (χ0v) is 13.4. The van der Waals surface area contributed by atoms with Crippen LogP contribution in [0.15, 0.2) is 0 Å². The molecule has 0 saturated heterocycles. The minimum Gasteiger partial charge on any atom is -0.346 e. The normalized spacial score (nSPS) is 7.09. The average Bonchev–Trinajstić information content (AvgIpc) is 1.88. The second-order valence-electron chi connectivity index (χ2n) is 2.02. The van der Waals surface area contributed by atoms with Crippen molar-refractivity contribution in [3.05, 3.63) is 27.2 Å². The fourth-order valence-corrected chi connectivity index (χ4v) is 0.144. The molecular weight excluding hydrogens is 381 g/mol. The fraction of sp³-hybridized carbons (Fsp3) is 0.556. The smallest absolute Gasteiger partial charge is 0.346 e. The van der Waals surface area contributed by atoms with Gasteiger partial charge in [0.1, 0.15) is 0 Å². The summed E-state index contributed by atoms with van der Waals surface area (Å²) in [4.78, 5) is 0. The first-order chi connectivity index (χ1) is 4.22. The van der Waals surface area contributed by atoms with Crippen molar-refractivity contribution in [3.63, 3.8) is 0 Å². The summed E-state index contributed by atoms with van der Waals surface area (Å²) in [5, 5.41) is 0. The molecule has 0 heterocycles. The van der Waals surface area contributed by atoms with Gasteiger partial charge in [0.15, 0.2) is 0 Å². The van der Waals surface area contributed by atoms with E-state index < -0.39 is 0 Å². The van der Waals surface area contributed by atoms with Crippen molar-refractivity contribution >= 4 is 0 Å². The Hall–Kier alpha value is 1.79. The van der Waals surface area contributed by atoms with Crippen LogP contribution in [-0.4, -0.2) is 0 Å². The van der Waals surface area contributed by atoms with Crippen molar-refractivity contribution in [2.24, 2.45) is 5.92 Å². The van der Waals surface area contributed by atoms with Gasteiger partial charge < -0.3 is 27.2 Å². The Morgan fingerprint density at radius 2 is 1.36 bits per heavy atom. The van der Waals surface area contributed by atoms with Gasteiger partial charge >= 0.3 is 21.1 Å². The first kappa shape index (κ1) is 23.0. The van der Waals surface area contributed by atoms with Gasteiger partial charge in [-0.1, -0.05) is 0 Å². The summed E-state index contributed by atoms with van der Waals surface area (Å²) in [5.41, 5.74) is 0. The minimum atomic E-state index is 0. The molecule has 0 aliphatic rings. The van der Waals surface area contributed by atoms with Gasteiger partial charge in [-0.15, -0.1) is 0 Å². The van der Waals surface area contributed by atoms with Crippen molar-refractivity contribution in [2.45, 2.75) is 26.7 Å². The first-order valence-corrected chi connectivity index (χ1v) is 3.38. The number of rotatable bonds is 2. The monoisotopic (exact) mass is 399 g/mol. The largest absolute Gasteiger partial charge is 2.00 e. The predicted octanol–water partition coefficient (Wildman–Crippen LogP) is 3.11. The topological polar surface area (TPSA) is 0 Å². The Kier molecular flexibility index (Phi) is 47.3. The summed E-state index contributed by atoms with van der Waals surface area (Å²) in [6.07, 6.45) is 3.81. The van der Waals surface area contributed by atoms with Crippen LogP contribution >= 0.6 is 0 Å². The molecule has 0 amide bonds. The van der Waals surface area contributed by atoms with Crippen LogP contribution in [-0.2, 0) is 53.8 Å². The van der Waals surface area contributed by atoms with E-state index in [1.54, 1.807) is 0 Å². The van der Waals surface area contributed by atoms with Crippen LogP contribution in [0.2, 0.25) is 0 Å². The molecule has 65 valence electrons. The van der Waals surface area contributed by atoms with Crippen molar-refractivity contribution in [1.82, 2.24) is 0 Å². The standard InChI is InChI=1S/C6H11.C3H7.W.Y/c1-4-6(3)5-2;1-3-2;;/h6H,1-5H2;3H,1-2H3;;/q-3;-1;+2;. The second-order valence-corrected chi connectivity index (χ2v) is 2.02. The van der Waals surface area contributed by atoms with E-state index in [9.17, 15) is 0 Å². The Labute approximate surface area is 112 Å². The molecule has 0 unspecified atom stereocenters. The van der Waals surface area contributed by atoms with Crippen molar-refractivity contribution in [2.75, 3.05) is 0 Å². The molecule has 0 atom stereocenters. The number of hydrogen-bond acceptors (Lipinski definition) is 0. The van der Waals surface area contributed by atoms with Crippen LogP contribution in [0.3, 0.4) is 0 Å². The van der Waals surface area contributed by atoms with Crippen LogP contribution in [0.4, 0.5) is 0 Å².